The molecule has 4 rings (SSSR count). The summed E-state index contributed by atoms with van der Waals surface area (Å²) in [7, 11) is 0. The summed E-state index contributed by atoms with van der Waals surface area (Å²) in [5, 5.41) is 7.39. The maximum absolute atomic E-state index is 13.0. The predicted octanol–water partition coefficient (Wildman–Crippen LogP) is 5.43. The van der Waals surface area contributed by atoms with Crippen molar-refractivity contribution >= 4 is 5.91 Å². The van der Waals surface area contributed by atoms with Crippen LogP contribution >= 0.6 is 0 Å². The molecule has 2 atom stereocenters. The van der Waals surface area contributed by atoms with Crippen LogP contribution in [-0.2, 0) is 16.8 Å². The number of hydrogen-bond acceptors (Lipinski definition) is 5. The van der Waals surface area contributed by atoms with Gasteiger partial charge in [0.1, 0.15) is 0 Å². The van der Waals surface area contributed by atoms with Crippen molar-refractivity contribution in [1.82, 2.24) is 20.4 Å². The minimum absolute atomic E-state index is 0.0236. The van der Waals surface area contributed by atoms with Gasteiger partial charge in [-0.3, -0.25) is 9.69 Å². The maximum Gasteiger partial charge on any atom is 0.241 e. The van der Waals surface area contributed by atoms with Gasteiger partial charge in [-0.2, -0.15) is 4.98 Å². The Kier molecular flexibility index (Phi) is 7.17. The van der Waals surface area contributed by atoms with E-state index in [2.05, 4.69) is 72.3 Å². The average molecular weight is 461 g/mol. The van der Waals surface area contributed by atoms with Crippen LogP contribution in [0.5, 0.6) is 0 Å². The quantitative estimate of drug-likeness (QED) is 0.531. The predicted molar refractivity (Wildman–Crippen MR) is 134 cm³/mol. The summed E-state index contributed by atoms with van der Waals surface area (Å²) in [4.78, 5) is 19.9. The first-order chi connectivity index (χ1) is 16.2. The third-order valence-corrected chi connectivity index (χ3v) is 6.72. The van der Waals surface area contributed by atoms with Gasteiger partial charge in [-0.15, -0.1) is 0 Å². The summed E-state index contributed by atoms with van der Waals surface area (Å²) in [6.45, 7) is 12.9. The highest BCUT2D eigenvalue weighted by Gasteiger charge is 2.28. The second-order valence-electron chi connectivity index (χ2n) is 10.5. The Hall–Kier alpha value is -2.99. The lowest BCUT2D eigenvalue weighted by Gasteiger charge is -2.31. The average Bonchev–Trinajstić information content (AvgIpc) is 3.27. The zero-order chi connectivity index (χ0) is 24.3. The van der Waals surface area contributed by atoms with E-state index in [1.807, 2.05) is 31.2 Å². The van der Waals surface area contributed by atoms with Crippen molar-refractivity contribution in [1.29, 1.82) is 0 Å². The first-order valence-electron chi connectivity index (χ1n) is 12.2. The van der Waals surface area contributed by atoms with Gasteiger partial charge < -0.3 is 9.84 Å². The molecule has 1 aliphatic heterocycles. The molecule has 1 saturated heterocycles. The SMILES string of the molecule is Cc1ccccc1-c1noc(CN2CCCC(C(=O)NC(C)c3ccc(C(C)(C)C)cc3)C2)n1. The monoisotopic (exact) mass is 460 g/mol. The van der Waals surface area contributed by atoms with Crippen LogP contribution in [0.25, 0.3) is 11.4 Å². The van der Waals surface area contributed by atoms with E-state index in [0.29, 0.717) is 24.8 Å². The van der Waals surface area contributed by atoms with Gasteiger partial charge in [0.05, 0.1) is 18.5 Å². The highest BCUT2D eigenvalue weighted by molar-refractivity contribution is 5.79. The van der Waals surface area contributed by atoms with Crippen LogP contribution in [0.3, 0.4) is 0 Å². The van der Waals surface area contributed by atoms with E-state index < -0.39 is 0 Å². The van der Waals surface area contributed by atoms with Crippen LogP contribution < -0.4 is 5.32 Å². The van der Waals surface area contributed by atoms with Crippen molar-refractivity contribution in [2.24, 2.45) is 5.92 Å². The molecule has 0 aliphatic carbocycles. The number of amides is 1. The van der Waals surface area contributed by atoms with E-state index in [-0.39, 0.29) is 23.3 Å². The van der Waals surface area contributed by atoms with Gasteiger partial charge in [0.25, 0.3) is 0 Å². The van der Waals surface area contributed by atoms with Crippen molar-refractivity contribution in [2.75, 3.05) is 13.1 Å². The minimum atomic E-state index is -0.0381. The minimum Gasteiger partial charge on any atom is -0.349 e. The number of rotatable bonds is 6. The fraction of sp³-hybridized carbons (Fsp3) is 0.464. The number of nitrogens with zero attached hydrogens (tertiary/aromatic N) is 3. The largest absolute Gasteiger partial charge is 0.349 e. The Morgan fingerprint density at radius 3 is 2.62 bits per heavy atom. The fourth-order valence-corrected chi connectivity index (χ4v) is 4.54. The molecule has 1 N–H and O–H groups in total. The van der Waals surface area contributed by atoms with Crippen LogP contribution in [0.15, 0.2) is 53.1 Å². The molecule has 2 aromatic carbocycles. The summed E-state index contributed by atoms with van der Waals surface area (Å²) in [6.07, 6.45) is 1.88. The summed E-state index contributed by atoms with van der Waals surface area (Å²) in [5.74, 6) is 1.28. The van der Waals surface area contributed by atoms with E-state index in [1.54, 1.807) is 0 Å². The van der Waals surface area contributed by atoms with E-state index in [1.165, 1.54) is 5.56 Å². The van der Waals surface area contributed by atoms with Crippen molar-refractivity contribution in [3.8, 4) is 11.4 Å². The molecule has 0 bridgehead atoms. The molecule has 0 radical (unpaired) electrons. The lowest BCUT2D eigenvalue weighted by Crippen LogP contribution is -2.43. The molecule has 1 fully saturated rings. The third-order valence-electron chi connectivity index (χ3n) is 6.72. The smallest absolute Gasteiger partial charge is 0.241 e. The second kappa shape index (κ2) is 10.1. The van der Waals surface area contributed by atoms with Crippen molar-refractivity contribution in [3.05, 3.63) is 71.1 Å². The molecule has 180 valence electrons. The van der Waals surface area contributed by atoms with Gasteiger partial charge in [-0.25, -0.2) is 0 Å². The number of carbonyl (C=O) groups is 1. The Bertz CT molecular complexity index is 1110. The highest BCUT2D eigenvalue weighted by Crippen LogP contribution is 2.25. The number of likely N-dealkylation sites (tertiary alicyclic amines) is 1. The molecule has 2 heterocycles. The zero-order valence-corrected chi connectivity index (χ0v) is 21.0. The molecule has 2 unspecified atom stereocenters. The summed E-state index contributed by atoms with van der Waals surface area (Å²) >= 11 is 0. The Labute approximate surface area is 202 Å². The van der Waals surface area contributed by atoms with Gasteiger partial charge in [0.15, 0.2) is 0 Å². The van der Waals surface area contributed by atoms with Gasteiger partial charge in [-0.1, -0.05) is 74.5 Å². The Morgan fingerprint density at radius 1 is 1.18 bits per heavy atom. The van der Waals surface area contributed by atoms with Crippen molar-refractivity contribution in [3.63, 3.8) is 0 Å². The number of hydrogen-bond donors (Lipinski definition) is 1. The summed E-state index contributed by atoms with van der Waals surface area (Å²) in [6, 6.07) is 16.6. The molecular weight excluding hydrogens is 424 g/mol. The standard InChI is InChI=1S/C28H36N4O2/c1-19-9-6-7-11-24(19)26-30-25(34-31-26)18-32-16-8-10-22(17-32)27(33)29-20(2)21-12-14-23(15-13-21)28(3,4)5/h6-7,9,11-15,20,22H,8,10,16-18H2,1-5H3,(H,29,33). The second-order valence-corrected chi connectivity index (χ2v) is 10.5. The topological polar surface area (TPSA) is 71.3 Å². The first kappa shape index (κ1) is 24.1. The van der Waals surface area contributed by atoms with E-state index in [0.717, 1.165) is 36.1 Å². The van der Waals surface area contributed by atoms with Crippen LogP contribution in [-0.4, -0.2) is 34.0 Å². The van der Waals surface area contributed by atoms with Gasteiger partial charge >= 0.3 is 0 Å². The number of carbonyl (C=O) groups excluding carboxylic acids is 1. The van der Waals surface area contributed by atoms with Crippen molar-refractivity contribution in [2.45, 2.75) is 65.5 Å². The van der Waals surface area contributed by atoms with Crippen LogP contribution in [0.2, 0.25) is 0 Å². The zero-order valence-electron chi connectivity index (χ0n) is 21.0. The maximum atomic E-state index is 13.0. The molecule has 34 heavy (non-hydrogen) atoms. The van der Waals surface area contributed by atoms with Crippen LogP contribution in [0.1, 0.15) is 69.2 Å². The first-order valence-corrected chi connectivity index (χ1v) is 12.2. The van der Waals surface area contributed by atoms with Gasteiger partial charge in [0.2, 0.25) is 17.6 Å². The van der Waals surface area contributed by atoms with Gasteiger partial charge in [-0.05, 0) is 55.3 Å². The number of nitrogens with one attached hydrogen (secondary N) is 1. The lowest BCUT2D eigenvalue weighted by molar-refractivity contribution is -0.127. The number of piperidine rings is 1. The van der Waals surface area contributed by atoms with Gasteiger partial charge in [0, 0.05) is 12.1 Å². The van der Waals surface area contributed by atoms with E-state index >= 15 is 0 Å². The molecule has 1 aliphatic rings. The molecule has 1 aromatic heterocycles. The lowest BCUT2D eigenvalue weighted by atomic mass is 9.86. The van der Waals surface area contributed by atoms with Crippen LogP contribution in [0.4, 0.5) is 0 Å². The van der Waals surface area contributed by atoms with E-state index in [4.69, 9.17) is 4.52 Å². The Morgan fingerprint density at radius 2 is 1.91 bits per heavy atom. The number of aromatic nitrogens is 2. The van der Waals surface area contributed by atoms with Crippen molar-refractivity contribution < 1.29 is 9.32 Å². The fourth-order valence-electron chi connectivity index (χ4n) is 4.54. The molecule has 6 nitrogen and oxygen atoms in total. The molecule has 0 spiro atoms. The summed E-state index contributed by atoms with van der Waals surface area (Å²) < 4.78 is 5.53. The Balaban J connectivity index is 1.34. The van der Waals surface area contributed by atoms with Crippen LogP contribution in [0, 0.1) is 12.8 Å². The molecule has 0 saturated carbocycles. The molecule has 3 aromatic rings. The molecule has 1 amide bonds. The third kappa shape index (κ3) is 5.73. The molecular formula is C28H36N4O2. The normalized spacial score (nSPS) is 18.0. The summed E-state index contributed by atoms with van der Waals surface area (Å²) in [5.41, 5.74) is 4.65. The number of aryl methyl sites for hydroxylation is 1. The highest BCUT2D eigenvalue weighted by atomic mass is 16.5. The van der Waals surface area contributed by atoms with E-state index in [9.17, 15) is 4.79 Å². The number of benzene rings is 2. The molecule has 6 heteroatoms.